The van der Waals surface area contributed by atoms with Crippen LogP contribution in [0.3, 0.4) is 0 Å². The van der Waals surface area contributed by atoms with Crippen LogP contribution in [0, 0.1) is 0 Å². The highest BCUT2D eigenvalue weighted by Crippen LogP contribution is 2.20. The van der Waals surface area contributed by atoms with E-state index in [1.54, 1.807) is 21.4 Å². The van der Waals surface area contributed by atoms with Crippen molar-refractivity contribution in [2.45, 2.75) is 51.8 Å². The molecule has 0 bridgehead atoms. The SMILES string of the molecule is CC(C)(Oc1ccc(CCCc2nn(Cc3ccccc3)c(=O)n2Cc2ccccc2)cc1)C(=O)O. The first-order valence-electron chi connectivity index (χ1n) is 12.1. The van der Waals surface area contributed by atoms with Gasteiger partial charge in [0.05, 0.1) is 13.1 Å². The number of nitrogens with zero attached hydrogens (tertiary/aromatic N) is 3. The van der Waals surface area contributed by atoms with Crippen molar-refractivity contribution in [3.63, 3.8) is 0 Å². The predicted molar refractivity (Wildman–Crippen MR) is 138 cm³/mol. The third kappa shape index (κ3) is 6.30. The number of hydrogen-bond donors (Lipinski definition) is 1. The minimum Gasteiger partial charge on any atom is -0.478 e. The summed E-state index contributed by atoms with van der Waals surface area (Å²) in [5, 5.41) is 13.9. The van der Waals surface area contributed by atoms with Crippen molar-refractivity contribution in [2.24, 2.45) is 0 Å². The monoisotopic (exact) mass is 485 g/mol. The molecule has 1 N–H and O–H groups in total. The van der Waals surface area contributed by atoms with Gasteiger partial charge in [0.2, 0.25) is 0 Å². The van der Waals surface area contributed by atoms with Crippen LogP contribution in [0.25, 0.3) is 0 Å². The molecule has 0 saturated carbocycles. The Bertz CT molecular complexity index is 1340. The van der Waals surface area contributed by atoms with Crippen molar-refractivity contribution >= 4 is 5.97 Å². The van der Waals surface area contributed by atoms with E-state index >= 15 is 0 Å². The van der Waals surface area contributed by atoms with Gasteiger partial charge in [-0.1, -0.05) is 72.8 Å². The Balaban J connectivity index is 1.46. The molecule has 7 heteroatoms. The topological polar surface area (TPSA) is 86.4 Å². The number of carboxylic acid groups (broad SMARTS) is 1. The fourth-order valence-corrected chi connectivity index (χ4v) is 3.97. The van der Waals surface area contributed by atoms with Gasteiger partial charge >= 0.3 is 11.7 Å². The fraction of sp³-hybridized carbons (Fsp3) is 0.276. The molecule has 7 nitrogen and oxygen atoms in total. The molecule has 0 atom stereocenters. The van der Waals surface area contributed by atoms with Gasteiger partial charge in [-0.15, -0.1) is 0 Å². The molecule has 0 aliphatic rings. The zero-order valence-corrected chi connectivity index (χ0v) is 20.6. The van der Waals surface area contributed by atoms with E-state index in [1.165, 1.54) is 13.8 Å². The first kappa shape index (κ1) is 25.0. The second-order valence-electron chi connectivity index (χ2n) is 9.33. The minimum absolute atomic E-state index is 0.111. The van der Waals surface area contributed by atoms with Crippen molar-refractivity contribution in [1.82, 2.24) is 14.3 Å². The molecular formula is C29H31N3O4. The lowest BCUT2D eigenvalue weighted by Crippen LogP contribution is -2.37. The summed E-state index contributed by atoms with van der Waals surface area (Å²) in [6.07, 6.45) is 2.28. The van der Waals surface area contributed by atoms with Crippen molar-refractivity contribution in [3.8, 4) is 5.75 Å². The number of aryl methyl sites for hydroxylation is 2. The molecule has 0 unspecified atom stereocenters. The van der Waals surface area contributed by atoms with E-state index in [1.807, 2.05) is 72.8 Å². The highest BCUT2D eigenvalue weighted by atomic mass is 16.5. The summed E-state index contributed by atoms with van der Waals surface area (Å²) in [5.74, 6) is 0.269. The van der Waals surface area contributed by atoms with Gasteiger partial charge < -0.3 is 9.84 Å². The first-order chi connectivity index (χ1) is 17.3. The second kappa shape index (κ2) is 11.1. The summed E-state index contributed by atoms with van der Waals surface area (Å²) in [7, 11) is 0. The van der Waals surface area contributed by atoms with Crippen LogP contribution in [0.15, 0.2) is 89.7 Å². The van der Waals surface area contributed by atoms with Crippen molar-refractivity contribution in [2.75, 3.05) is 0 Å². The third-order valence-electron chi connectivity index (χ3n) is 6.04. The van der Waals surface area contributed by atoms with Gasteiger partial charge in [-0.05, 0) is 55.5 Å². The third-order valence-corrected chi connectivity index (χ3v) is 6.04. The summed E-state index contributed by atoms with van der Waals surface area (Å²) in [4.78, 5) is 24.5. The van der Waals surface area contributed by atoms with Gasteiger partial charge in [-0.25, -0.2) is 14.3 Å². The molecule has 36 heavy (non-hydrogen) atoms. The predicted octanol–water partition coefficient (Wildman–Crippen LogP) is 4.56. The Morgan fingerprint density at radius 2 is 1.42 bits per heavy atom. The molecule has 186 valence electrons. The summed E-state index contributed by atoms with van der Waals surface area (Å²) in [6, 6.07) is 27.3. The van der Waals surface area contributed by atoms with Crippen LogP contribution in [-0.4, -0.2) is 31.0 Å². The van der Waals surface area contributed by atoms with Crippen LogP contribution >= 0.6 is 0 Å². The Hall–Kier alpha value is -4.13. The van der Waals surface area contributed by atoms with Gasteiger partial charge in [0.15, 0.2) is 5.60 Å². The van der Waals surface area contributed by atoms with E-state index in [4.69, 9.17) is 9.84 Å². The molecule has 1 heterocycles. The number of benzene rings is 3. The van der Waals surface area contributed by atoms with Crippen LogP contribution in [0.1, 0.15) is 42.8 Å². The lowest BCUT2D eigenvalue weighted by atomic mass is 10.1. The van der Waals surface area contributed by atoms with Gasteiger partial charge in [-0.2, -0.15) is 5.10 Å². The van der Waals surface area contributed by atoms with E-state index in [-0.39, 0.29) is 5.69 Å². The molecule has 0 fully saturated rings. The summed E-state index contributed by atoms with van der Waals surface area (Å²) in [5.41, 5.74) is 1.79. The number of hydrogen-bond acceptors (Lipinski definition) is 4. The molecule has 0 radical (unpaired) electrons. The maximum Gasteiger partial charge on any atom is 0.347 e. The second-order valence-corrected chi connectivity index (χ2v) is 9.33. The smallest absolute Gasteiger partial charge is 0.347 e. The zero-order valence-electron chi connectivity index (χ0n) is 20.6. The number of carbonyl (C=O) groups is 1. The van der Waals surface area contributed by atoms with Crippen molar-refractivity contribution in [3.05, 3.63) is 118 Å². The highest BCUT2D eigenvalue weighted by molar-refractivity contribution is 5.76. The lowest BCUT2D eigenvalue weighted by molar-refractivity contribution is -0.152. The Morgan fingerprint density at radius 1 is 0.833 bits per heavy atom. The maximum absolute atomic E-state index is 13.2. The van der Waals surface area contributed by atoms with Crippen LogP contribution < -0.4 is 10.4 Å². The highest BCUT2D eigenvalue weighted by Gasteiger charge is 2.29. The van der Waals surface area contributed by atoms with E-state index in [2.05, 4.69) is 0 Å². The number of ether oxygens (including phenoxy) is 1. The molecule has 4 aromatic rings. The fourth-order valence-electron chi connectivity index (χ4n) is 3.97. The van der Waals surface area contributed by atoms with Crippen LogP contribution in [0.2, 0.25) is 0 Å². The molecule has 0 saturated heterocycles. The largest absolute Gasteiger partial charge is 0.478 e. The number of rotatable bonds is 11. The lowest BCUT2D eigenvalue weighted by Gasteiger charge is -2.21. The Kier molecular flexibility index (Phi) is 7.68. The van der Waals surface area contributed by atoms with Crippen molar-refractivity contribution < 1.29 is 14.6 Å². The Labute approximate surface area is 210 Å². The average Bonchev–Trinajstić information content (AvgIpc) is 3.15. The molecule has 0 aliphatic heterocycles. The molecule has 0 amide bonds. The number of aliphatic carboxylic acids is 1. The minimum atomic E-state index is -1.29. The van der Waals surface area contributed by atoms with Gasteiger partial charge in [0, 0.05) is 6.42 Å². The number of carboxylic acids is 1. The zero-order chi connectivity index (χ0) is 25.5. The van der Waals surface area contributed by atoms with E-state index < -0.39 is 11.6 Å². The molecule has 1 aromatic heterocycles. The normalized spacial score (nSPS) is 11.4. The Morgan fingerprint density at radius 3 is 2.00 bits per heavy atom. The van der Waals surface area contributed by atoms with Gasteiger partial charge in [0.25, 0.3) is 0 Å². The van der Waals surface area contributed by atoms with E-state index in [9.17, 15) is 14.7 Å². The summed E-state index contributed by atoms with van der Waals surface area (Å²) in [6.45, 7) is 3.96. The average molecular weight is 486 g/mol. The van der Waals surface area contributed by atoms with Crippen LogP contribution in [0.5, 0.6) is 5.75 Å². The summed E-state index contributed by atoms with van der Waals surface area (Å²) >= 11 is 0. The molecular weight excluding hydrogens is 454 g/mol. The molecule has 0 aliphatic carbocycles. The first-order valence-corrected chi connectivity index (χ1v) is 12.1. The van der Waals surface area contributed by atoms with Crippen molar-refractivity contribution in [1.29, 1.82) is 0 Å². The van der Waals surface area contributed by atoms with Gasteiger partial charge in [0.1, 0.15) is 11.6 Å². The molecule has 0 spiro atoms. The van der Waals surface area contributed by atoms with Crippen LogP contribution in [0.4, 0.5) is 0 Å². The van der Waals surface area contributed by atoms with E-state index in [0.29, 0.717) is 25.3 Å². The maximum atomic E-state index is 13.2. The molecule has 3 aromatic carbocycles. The number of aromatic nitrogens is 3. The van der Waals surface area contributed by atoms with Crippen LogP contribution in [-0.2, 0) is 30.7 Å². The standard InChI is InChI=1S/C29H31N3O4/c1-29(2,27(33)34)36-25-18-16-22(17-19-25)14-9-15-26-30-32(21-24-12-7-4-8-13-24)28(35)31(26)20-23-10-5-3-6-11-23/h3-8,10-13,16-19H,9,14-15,20-21H2,1-2H3,(H,33,34). The van der Waals surface area contributed by atoms with Gasteiger partial charge in [-0.3, -0.25) is 4.57 Å². The van der Waals surface area contributed by atoms with E-state index in [0.717, 1.165) is 35.4 Å². The summed E-state index contributed by atoms with van der Waals surface area (Å²) < 4.78 is 8.89. The quantitative estimate of drug-likeness (QED) is 0.337. The molecule has 4 rings (SSSR count).